The molecular formula is C19H22N4O5S. The van der Waals surface area contributed by atoms with Crippen molar-refractivity contribution in [1.29, 1.82) is 0 Å². The maximum Gasteiger partial charge on any atom is 0.289 e. The number of anilines is 1. The molecule has 154 valence electrons. The van der Waals surface area contributed by atoms with Gasteiger partial charge in [-0.25, -0.2) is 4.98 Å². The van der Waals surface area contributed by atoms with Gasteiger partial charge in [-0.15, -0.1) is 11.3 Å². The Morgan fingerprint density at radius 2 is 1.86 bits per heavy atom. The molecule has 10 heteroatoms. The van der Waals surface area contributed by atoms with E-state index < -0.39 is 5.91 Å². The zero-order valence-corrected chi connectivity index (χ0v) is 16.6. The van der Waals surface area contributed by atoms with E-state index in [1.54, 1.807) is 5.38 Å². The van der Waals surface area contributed by atoms with E-state index in [0.717, 1.165) is 29.5 Å². The lowest BCUT2D eigenvalue weighted by atomic mass is 10.1. The Morgan fingerprint density at radius 1 is 1.07 bits per heavy atom. The number of aromatic nitrogens is 1. The van der Waals surface area contributed by atoms with Crippen molar-refractivity contribution in [1.82, 2.24) is 15.8 Å². The van der Waals surface area contributed by atoms with E-state index in [1.807, 2.05) is 18.2 Å². The van der Waals surface area contributed by atoms with E-state index in [-0.39, 0.29) is 18.0 Å². The zero-order valence-electron chi connectivity index (χ0n) is 15.8. The van der Waals surface area contributed by atoms with Gasteiger partial charge in [-0.1, -0.05) is 6.07 Å². The van der Waals surface area contributed by atoms with Crippen molar-refractivity contribution in [2.45, 2.75) is 12.8 Å². The molecule has 0 radical (unpaired) electrons. The molecule has 2 aliphatic heterocycles. The Balaban J connectivity index is 1.23. The summed E-state index contributed by atoms with van der Waals surface area (Å²) in [5, 5.41) is 2.46. The van der Waals surface area contributed by atoms with Gasteiger partial charge in [-0.2, -0.15) is 0 Å². The number of carbonyl (C=O) groups excluding carboxylic acids is 2. The number of carbonyl (C=O) groups is 2. The number of morpholine rings is 1. The van der Waals surface area contributed by atoms with Crippen LogP contribution in [0.2, 0.25) is 0 Å². The van der Waals surface area contributed by atoms with E-state index >= 15 is 0 Å². The molecule has 0 unspecified atom stereocenters. The van der Waals surface area contributed by atoms with Gasteiger partial charge in [0.2, 0.25) is 5.91 Å². The number of fused-ring (bicyclic) bond motifs is 1. The van der Waals surface area contributed by atoms with Crippen molar-refractivity contribution in [2.75, 3.05) is 44.4 Å². The lowest BCUT2D eigenvalue weighted by Gasteiger charge is -2.25. The van der Waals surface area contributed by atoms with Gasteiger partial charge in [0.25, 0.3) is 5.91 Å². The number of amides is 2. The highest BCUT2D eigenvalue weighted by molar-refractivity contribution is 7.13. The second-order valence-electron chi connectivity index (χ2n) is 6.60. The first-order valence-corrected chi connectivity index (χ1v) is 10.3. The average Bonchev–Trinajstić information content (AvgIpc) is 3.27. The summed E-state index contributed by atoms with van der Waals surface area (Å²) < 4.78 is 16.3. The molecule has 1 saturated heterocycles. The lowest BCUT2D eigenvalue weighted by Crippen LogP contribution is -2.42. The number of hydrazine groups is 1. The van der Waals surface area contributed by atoms with Crippen LogP contribution in [0.15, 0.2) is 23.6 Å². The second kappa shape index (κ2) is 9.10. The summed E-state index contributed by atoms with van der Waals surface area (Å²) in [6, 6.07) is 5.63. The molecule has 2 aromatic rings. The summed E-state index contributed by atoms with van der Waals surface area (Å²) in [6.45, 7) is 3.88. The molecule has 0 saturated carbocycles. The molecule has 4 rings (SSSR count). The molecule has 2 aliphatic rings. The van der Waals surface area contributed by atoms with Crippen LogP contribution in [0, 0.1) is 0 Å². The fraction of sp³-hybridized carbons (Fsp3) is 0.421. The average molecular weight is 418 g/mol. The second-order valence-corrected chi connectivity index (χ2v) is 7.43. The SMILES string of the molecule is O=C(CCc1ccc2c(c1)OCCO2)NNC(=O)c1csc(N2CCOCC2)n1. The number of rotatable bonds is 5. The molecule has 0 atom stereocenters. The third-order valence-electron chi connectivity index (χ3n) is 4.57. The van der Waals surface area contributed by atoms with Crippen LogP contribution in [-0.4, -0.2) is 56.3 Å². The summed E-state index contributed by atoms with van der Waals surface area (Å²) in [6.07, 6.45) is 0.756. The standard InChI is InChI=1S/C19H22N4O5S/c24-17(4-2-13-1-3-15-16(11-13)28-10-9-27-15)21-22-18(25)14-12-29-19(20-14)23-5-7-26-8-6-23/h1,3,11-12H,2,4-10H2,(H,21,24)(H,22,25). The Labute approximate surface area is 171 Å². The molecule has 1 fully saturated rings. The van der Waals surface area contributed by atoms with Gasteiger partial charge >= 0.3 is 0 Å². The number of hydrogen-bond acceptors (Lipinski definition) is 8. The Morgan fingerprint density at radius 3 is 2.69 bits per heavy atom. The van der Waals surface area contributed by atoms with Crippen molar-refractivity contribution >= 4 is 28.3 Å². The first kappa shape index (κ1) is 19.5. The third-order valence-corrected chi connectivity index (χ3v) is 5.47. The summed E-state index contributed by atoms with van der Waals surface area (Å²) in [7, 11) is 0. The Hall–Kier alpha value is -2.85. The highest BCUT2D eigenvalue weighted by Crippen LogP contribution is 2.31. The fourth-order valence-electron chi connectivity index (χ4n) is 3.02. The minimum absolute atomic E-state index is 0.232. The predicted octanol–water partition coefficient (Wildman–Crippen LogP) is 1.14. The Kier molecular flexibility index (Phi) is 6.11. The van der Waals surface area contributed by atoms with Gasteiger partial charge in [0.05, 0.1) is 13.2 Å². The van der Waals surface area contributed by atoms with E-state index in [1.165, 1.54) is 11.3 Å². The minimum Gasteiger partial charge on any atom is -0.486 e. The Bertz CT molecular complexity index is 881. The summed E-state index contributed by atoms with van der Waals surface area (Å²) in [4.78, 5) is 30.7. The number of ether oxygens (including phenoxy) is 3. The van der Waals surface area contributed by atoms with Crippen LogP contribution >= 0.6 is 11.3 Å². The van der Waals surface area contributed by atoms with Crippen LogP contribution in [0.5, 0.6) is 11.5 Å². The molecule has 0 bridgehead atoms. The van der Waals surface area contributed by atoms with Crippen LogP contribution in [0.4, 0.5) is 5.13 Å². The van der Waals surface area contributed by atoms with Crippen molar-refractivity contribution in [3.8, 4) is 11.5 Å². The van der Waals surface area contributed by atoms with Crippen LogP contribution in [0.3, 0.4) is 0 Å². The van der Waals surface area contributed by atoms with E-state index in [4.69, 9.17) is 14.2 Å². The molecular weight excluding hydrogens is 396 g/mol. The number of hydrogen-bond donors (Lipinski definition) is 2. The van der Waals surface area contributed by atoms with Crippen LogP contribution in [-0.2, 0) is 16.0 Å². The number of aryl methyl sites for hydroxylation is 1. The maximum absolute atomic E-state index is 12.2. The normalized spacial score (nSPS) is 15.7. The minimum atomic E-state index is -0.437. The maximum atomic E-state index is 12.2. The third kappa shape index (κ3) is 4.96. The predicted molar refractivity (Wildman–Crippen MR) is 107 cm³/mol. The fourth-order valence-corrected chi connectivity index (χ4v) is 3.88. The molecule has 2 amide bonds. The van der Waals surface area contributed by atoms with Gasteiger partial charge in [-0.3, -0.25) is 20.4 Å². The van der Waals surface area contributed by atoms with Crippen molar-refractivity contribution in [3.05, 3.63) is 34.8 Å². The molecule has 29 heavy (non-hydrogen) atoms. The highest BCUT2D eigenvalue weighted by Gasteiger charge is 2.18. The van der Waals surface area contributed by atoms with Crippen molar-refractivity contribution in [3.63, 3.8) is 0 Å². The smallest absolute Gasteiger partial charge is 0.289 e. The van der Waals surface area contributed by atoms with Gasteiger partial charge < -0.3 is 19.1 Å². The van der Waals surface area contributed by atoms with Crippen LogP contribution < -0.4 is 25.2 Å². The van der Waals surface area contributed by atoms with Gasteiger partial charge in [0.1, 0.15) is 18.9 Å². The summed E-state index contributed by atoms with van der Waals surface area (Å²) in [5.41, 5.74) is 6.10. The topological polar surface area (TPSA) is 102 Å². The quantitative estimate of drug-likeness (QED) is 0.702. The van der Waals surface area contributed by atoms with Crippen molar-refractivity contribution < 1.29 is 23.8 Å². The molecule has 9 nitrogen and oxygen atoms in total. The largest absolute Gasteiger partial charge is 0.486 e. The molecule has 0 spiro atoms. The van der Waals surface area contributed by atoms with Crippen LogP contribution in [0.25, 0.3) is 0 Å². The zero-order chi connectivity index (χ0) is 20.1. The molecule has 3 heterocycles. The number of nitrogens with one attached hydrogen (secondary N) is 2. The number of thiazole rings is 1. The molecule has 2 N–H and O–H groups in total. The van der Waals surface area contributed by atoms with Gasteiger partial charge in [-0.05, 0) is 24.1 Å². The first-order chi connectivity index (χ1) is 14.2. The van der Waals surface area contributed by atoms with Gasteiger partial charge in [0, 0.05) is 24.9 Å². The summed E-state index contributed by atoms with van der Waals surface area (Å²) in [5.74, 6) is 0.698. The number of nitrogens with zero attached hydrogens (tertiary/aromatic N) is 2. The van der Waals surface area contributed by atoms with E-state index in [9.17, 15) is 9.59 Å². The van der Waals surface area contributed by atoms with E-state index in [0.29, 0.717) is 38.6 Å². The molecule has 1 aromatic carbocycles. The highest BCUT2D eigenvalue weighted by atomic mass is 32.1. The molecule has 1 aromatic heterocycles. The first-order valence-electron chi connectivity index (χ1n) is 9.45. The lowest BCUT2D eigenvalue weighted by molar-refractivity contribution is -0.121. The van der Waals surface area contributed by atoms with Crippen LogP contribution in [0.1, 0.15) is 22.5 Å². The number of benzene rings is 1. The monoisotopic (exact) mass is 418 g/mol. The van der Waals surface area contributed by atoms with E-state index in [2.05, 4.69) is 20.7 Å². The van der Waals surface area contributed by atoms with Gasteiger partial charge in [0.15, 0.2) is 16.6 Å². The molecule has 0 aliphatic carbocycles. The summed E-state index contributed by atoms with van der Waals surface area (Å²) >= 11 is 1.40. The van der Waals surface area contributed by atoms with Crippen molar-refractivity contribution in [2.24, 2.45) is 0 Å².